The van der Waals surface area contributed by atoms with Crippen LogP contribution in [-0.2, 0) is 16.6 Å². The quantitative estimate of drug-likeness (QED) is 0.188. The number of nitrogens with one attached hydrogen (secondary N) is 1. The maximum Gasteiger partial charge on any atom is 0.271 e. The predicted molar refractivity (Wildman–Crippen MR) is 148 cm³/mol. The molecule has 37 heavy (non-hydrogen) atoms. The number of halogens is 3. The minimum absolute atomic E-state index is 0.0563. The lowest BCUT2D eigenvalue weighted by molar-refractivity contribution is 0.0955. The number of hydrogen-bond acceptors (Lipinski definition) is 5. The summed E-state index contributed by atoms with van der Waals surface area (Å²) in [5.41, 5.74) is 4.44. The van der Waals surface area contributed by atoms with Gasteiger partial charge in [-0.2, -0.15) is 5.10 Å². The summed E-state index contributed by atoms with van der Waals surface area (Å²) in [5, 5.41) is 5.36. The molecule has 0 atom stereocenters. The summed E-state index contributed by atoms with van der Waals surface area (Å²) in [6, 6.07) is 21.6. The molecule has 11 heteroatoms. The van der Waals surface area contributed by atoms with Crippen molar-refractivity contribution in [3.05, 3.63) is 111 Å². The third-order valence-electron chi connectivity index (χ3n) is 5.27. The molecule has 0 radical (unpaired) electrons. The van der Waals surface area contributed by atoms with Crippen LogP contribution in [0.1, 0.15) is 21.7 Å². The van der Waals surface area contributed by atoms with Crippen LogP contribution in [0.3, 0.4) is 0 Å². The highest BCUT2D eigenvalue weighted by Crippen LogP contribution is 2.31. The summed E-state index contributed by atoms with van der Waals surface area (Å²) in [6.45, 7) is 0.0563. The predicted octanol–water partition coefficient (Wildman–Crippen LogP) is 6.64. The normalized spacial score (nSPS) is 11.6. The number of nitrogens with zero attached hydrogens (tertiary/aromatic N) is 2. The number of anilines is 1. The van der Waals surface area contributed by atoms with Crippen molar-refractivity contribution < 1.29 is 17.6 Å². The van der Waals surface area contributed by atoms with Gasteiger partial charge in [0, 0.05) is 21.2 Å². The van der Waals surface area contributed by atoms with Gasteiger partial charge in [0.1, 0.15) is 11.5 Å². The van der Waals surface area contributed by atoms with Crippen LogP contribution in [0.25, 0.3) is 11.3 Å². The lowest BCUT2D eigenvalue weighted by Gasteiger charge is -2.23. The molecule has 0 saturated heterocycles. The van der Waals surface area contributed by atoms with Gasteiger partial charge in [-0.25, -0.2) is 13.8 Å². The molecule has 3 aromatic carbocycles. The topological polar surface area (TPSA) is 92.0 Å². The molecule has 0 fully saturated rings. The van der Waals surface area contributed by atoms with E-state index >= 15 is 0 Å². The molecule has 7 nitrogen and oxygen atoms in total. The Morgan fingerprint density at radius 1 is 0.973 bits per heavy atom. The summed E-state index contributed by atoms with van der Waals surface area (Å²) < 4.78 is 31.8. The number of sulfonamides is 1. The Morgan fingerprint density at radius 2 is 1.70 bits per heavy atom. The first-order chi connectivity index (χ1) is 17.6. The zero-order valence-electron chi connectivity index (χ0n) is 19.4. The molecule has 0 saturated carbocycles. The lowest BCUT2D eigenvalue weighted by Crippen LogP contribution is -2.29. The van der Waals surface area contributed by atoms with Crippen LogP contribution < -0.4 is 9.73 Å². The summed E-state index contributed by atoms with van der Waals surface area (Å²) in [6.07, 6.45) is 2.47. The Labute approximate surface area is 229 Å². The van der Waals surface area contributed by atoms with Gasteiger partial charge in [-0.05, 0) is 66.2 Å². The summed E-state index contributed by atoms with van der Waals surface area (Å²) in [4.78, 5) is 12.5. The number of rotatable bonds is 8. The van der Waals surface area contributed by atoms with Crippen molar-refractivity contribution >= 4 is 62.6 Å². The molecular weight excluding hydrogens is 557 g/mol. The van der Waals surface area contributed by atoms with Gasteiger partial charge in [-0.1, -0.05) is 53.0 Å². The smallest absolute Gasteiger partial charge is 0.271 e. The van der Waals surface area contributed by atoms with E-state index in [1.165, 1.54) is 22.7 Å². The Morgan fingerprint density at radius 3 is 2.38 bits per heavy atom. The molecule has 0 bridgehead atoms. The fraction of sp³-hybridized carbons (Fsp3) is 0.0769. The van der Waals surface area contributed by atoms with Crippen molar-refractivity contribution in [2.45, 2.75) is 6.54 Å². The number of amides is 1. The lowest BCUT2D eigenvalue weighted by atomic mass is 10.2. The average molecular weight is 577 g/mol. The minimum atomic E-state index is -3.61. The average Bonchev–Trinajstić information content (AvgIpc) is 3.31. The molecule has 0 unspecified atom stereocenters. The molecule has 0 spiro atoms. The van der Waals surface area contributed by atoms with E-state index in [9.17, 15) is 13.2 Å². The Balaban J connectivity index is 1.43. The van der Waals surface area contributed by atoms with Crippen LogP contribution in [-0.4, -0.2) is 26.8 Å². The minimum Gasteiger partial charge on any atom is -0.455 e. The first kappa shape index (κ1) is 26.8. The zero-order valence-corrected chi connectivity index (χ0v) is 22.4. The molecule has 1 amide bonds. The van der Waals surface area contributed by atoms with Crippen LogP contribution in [0.5, 0.6) is 0 Å². The molecule has 0 aliphatic carbocycles. The van der Waals surface area contributed by atoms with Crippen LogP contribution in [0, 0.1) is 0 Å². The molecule has 1 N–H and O–H groups in total. The van der Waals surface area contributed by atoms with Crippen LogP contribution in [0.4, 0.5) is 5.69 Å². The van der Waals surface area contributed by atoms with Gasteiger partial charge in [0.25, 0.3) is 5.91 Å². The second-order valence-corrected chi connectivity index (χ2v) is 11.1. The van der Waals surface area contributed by atoms with E-state index in [4.69, 9.17) is 39.2 Å². The second kappa shape index (κ2) is 11.4. The fourth-order valence-electron chi connectivity index (χ4n) is 3.44. The van der Waals surface area contributed by atoms with Crippen LogP contribution >= 0.6 is 34.8 Å². The number of hydrazone groups is 1. The number of furan rings is 1. The van der Waals surface area contributed by atoms with Gasteiger partial charge >= 0.3 is 0 Å². The molecule has 0 aliphatic rings. The number of benzene rings is 3. The first-order valence-corrected chi connectivity index (χ1v) is 13.8. The van der Waals surface area contributed by atoms with E-state index in [0.29, 0.717) is 49.0 Å². The third kappa shape index (κ3) is 6.72. The van der Waals surface area contributed by atoms with Gasteiger partial charge in [0.2, 0.25) is 10.0 Å². The third-order valence-corrected chi connectivity index (χ3v) is 7.33. The highest BCUT2D eigenvalue weighted by Gasteiger charge is 2.19. The summed E-state index contributed by atoms with van der Waals surface area (Å²) >= 11 is 18.3. The zero-order chi connectivity index (χ0) is 26.6. The molecular formula is C26H20Cl3N3O4S. The van der Waals surface area contributed by atoms with Gasteiger partial charge < -0.3 is 4.42 Å². The van der Waals surface area contributed by atoms with Crippen LogP contribution in [0.2, 0.25) is 15.1 Å². The summed E-state index contributed by atoms with van der Waals surface area (Å²) in [5.74, 6) is 0.449. The van der Waals surface area contributed by atoms with Gasteiger partial charge in [0.15, 0.2) is 0 Å². The molecule has 1 aromatic heterocycles. The molecule has 4 rings (SSSR count). The molecule has 190 valence electrons. The Kier molecular flexibility index (Phi) is 8.24. The van der Waals surface area contributed by atoms with Gasteiger partial charge in [0.05, 0.1) is 29.7 Å². The second-order valence-electron chi connectivity index (χ2n) is 7.93. The van der Waals surface area contributed by atoms with E-state index in [-0.39, 0.29) is 6.54 Å². The van der Waals surface area contributed by atoms with Crippen molar-refractivity contribution in [1.82, 2.24) is 5.43 Å². The highest BCUT2D eigenvalue weighted by molar-refractivity contribution is 7.92. The van der Waals surface area contributed by atoms with Gasteiger partial charge in [-0.15, -0.1) is 0 Å². The molecule has 4 aromatic rings. The van der Waals surface area contributed by atoms with Crippen molar-refractivity contribution in [3.8, 4) is 11.3 Å². The highest BCUT2D eigenvalue weighted by atomic mass is 35.5. The number of carbonyl (C=O) groups is 1. The van der Waals surface area contributed by atoms with E-state index in [1.54, 1.807) is 66.7 Å². The van der Waals surface area contributed by atoms with E-state index in [0.717, 1.165) is 6.26 Å². The fourth-order valence-corrected chi connectivity index (χ4v) is 5.01. The van der Waals surface area contributed by atoms with E-state index < -0.39 is 15.9 Å². The van der Waals surface area contributed by atoms with Gasteiger partial charge in [-0.3, -0.25) is 9.10 Å². The van der Waals surface area contributed by atoms with Crippen molar-refractivity contribution in [2.24, 2.45) is 5.10 Å². The molecule has 1 heterocycles. The monoisotopic (exact) mass is 575 g/mol. The SMILES string of the molecule is CS(=O)(=O)N(Cc1ccccc1Cl)c1ccc(C(=O)N/N=C\c2ccc(-c3ccc(Cl)cc3Cl)o2)cc1. The standard InChI is InChI=1S/C26H20Cl3N3O4S/c1-37(34,35)32(16-18-4-2-3-5-23(18)28)20-9-6-17(7-10-20)26(33)31-30-15-21-11-13-25(36-21)22-12-8-19(27)14-24(22)29/h2-15H,16H2,1H3,(H,31,33)/b30-15-. The van der Waals surface area contributed by atoms with Crippen molar-refractivity contribution in [2.75, 3.05) is 10.6 Å². The Bertz CT molecular complexity index is 1570. The molecule has 0 aliphatic heterocycles. The maximum absolute atomic E-state index is 12.5. The van der Waals surface area contributed by atoms with E-state index in [2.05, 4.69) is 10.5 Å². The van der Waals surface area contributed by atoms with Crippen molar-refractivity contribution in [3.63, 3.8) is 0 Å². The number of carbonyl (C=O) groups excluding carboxylic acids is 1. The van der Waals surface area contributed by atoms with Crippen LogP contribution in [0.15, 0.2) is 88.4 Å². The Hall–Kier alpha value is -3.30. The number of hydrogen-bond donors (Lipinski definition) is 1. The summed E-state index contributed by atoms with van der Waals surface area (Å²) in [7, 11) is -3.61. The van der Waals surface area contributed by atoms with E-state index in [1.807, 2.05) is 0 Å². The first-order valence-electron chi connectivity index (χ1n) is 10.8. The largest absolute Gasteiger partial charge is 0.455 e. The maximum atomic E-state index is 12.5. The van der Waals surface area contributed by atoms with Crippen molar-refractivity contribution in [1.29, 1.82) is 0 Å².